The Bertz CT molecular complexity index is 1450. The molecule has 2 aromatic heterocycles. The maximum absolute atomic E-state index is 13.1. The number of fused-ring (bicyclic) bond motifs is 1. The molecule has 10 heteroatoms. The number of carbonyl (C=O) groups is 1. The van der Waals surface area contributed by atoms with E-state index in [-0.39, 0.29) is 10.8 Å². The van der Waals surface area contributed by atoms with Crippen molar-refractivity contribution in [1.29, 1.82) is 0 Å². The van der Waals surface area contributed by atoms with E-state index in [9.17, 15) is 13.2 Å². The van der Waals surface area contributed by atoms with Crippen LogP contribution in [0.5, 0.6) is 5.75 Å². The predicted molar refractivity (Wildman–Crippen MR) is 121 cm³/mol. The number of benzene rings is 2. The Balaban J connectivity index is 1.38. The Morgan fingerprint density at radius 1 is 1.19 bits per heavy atom. The van der Waals surface area contributed by atoms with Gasteiger partial charge in [0.25, 0.3) is 0 Å². The highest BCUT2D eigenvalue weighted by Gasteiger charge is 2.54. The van der Waals surface area contributed by atoms with Crippen LogP contribution in [0.25, 0.3) is 21.5 Å². The van der Waals surface area contributed by atoms with E-state index < -0.39 is 15.3 Å². The third-order valence-corrected chi connectivity index (χ3v) is 7.59. The van der Waals surface area contributed by atoms with E-state index in [2.05, 4.69) is 15.5 Å². The smallest absolute Gasteiger partial charge is 0.238 e. The lowest BCUT2D eigenvalue weighted by Crippen LogP contribution is -2.28. The number of nitrogens with one attached hydrogen (secondary N) is 1. The normalized spacial score (nSPS) is 14.9. The summed E-state index contributed by atoms with van der Waals surface area (Å²) in [5.41, 5.74) is 1.26. The quantitative estimate of drug-likeness (QED) is 0.454. The van der Waals surface area contributed by atoms with Gasteiger partial charge in [-0.15, -0.1) is 0 Å². The number of hydrogen-bond acceptors (Lipinski definition) is 8. The Kier molecular flexibility index (Phi) is 4.79. The van der Waals surface area contributed by atoms with Crippen molar-refractivity contribution in [1.82, 2.24) is 10.1 Å². The molecule has 8 nitrogen and oxygen atoms in total. The molecule has 2 heterocycles. The number of methoxy groups -OCH3 is 1. The van der Waals surface area contributed by atoms with Crippen molar-refractivity contribution in [2.24, 2.45) is 0 Å². The summed E-state index contributed by atoms with van der Waals surface area (Å²) in [5.74, 6) is 1.06. The van der Waals surface area contributed by atoms with Crippen molar-refractivity contribution in [2.45, 2.75) is 23.2 Å². The van der Waals surface area contributed by atoms with Crippen LogP contribution in [0.15, 0.2) is 57.9 Å². The molecule has 0 radical (unpaired) electrons. The molecule has 1 saturated carbocycles. The number of sulfone groups is 1. The van der Waals surface area contributed by atoms with Gasteiger partial charge in [0.1, 0.15) is 5.75 Å². The fourth-order valence-corrected chi connectivity index (χ4v) is 5.17. The number of amides is 1. The summed E-state index contributed by atoms with van der Waals surface area (Å²) in [6.07, 6.45) is 2.48. The van der Waals surface area contributed by atoms with Crippen LogP contribution >= 0.6 is 11.3 Å². The van der Waals surface area contributed by atoms with E-state index in [0.29, 0.717) is 45.4 Å². The second-order valence-electron chi connectivity index (χ2n) is 7.77. The SMILES string of the molecule is COc1cccc(-c2cc(C3(C(=O)Nc4nc5ccc(S(C)(=O)=O)cc5s4)CC3)no2)c1. The Labute approximate surface area is 188 Å². The van der Waals surface area contributed by atoms with E-state index in [1.54, 1.807) is 25.3 Å². The van der Waals surface area contributed by atoms with Crippen molar-refractivity contribution < 1.29 is 22.5 Å². The molecule has 1 N–H and O–H groups in total. The summed E-state index contributed by atoms with van der Waals surface area (Å²) in [6, 6.07) is 13.9. The third kappa shape index (κ3) is 3.65. The van der Waals surface area contributed by atoms with Crippen LogP contribution in [0.2, 0.25) is 0 Å². The highest BCUT2D eigenvalue weighted by atomic mass is 32.2. The zero-order chi connectivity index (χ0) is 22.5. The molecule has 2 aromatic carbocycles. The predicted octanol–water partition coefficient (Wildman–Crippen LogP) is 4.03. The molecule has 4 aromatic rings. The average molecular weight is 470 g/mol. The second kappa shape index (κ2) is 7.42. The van der Waals surface area contributed by atoms with Gasteiger partial charge in [-0.2, -0.15) is 0 Å². The molecule has 32 heavy (non-hydrogen) atoms. The van der Waals surface area contributed by atoms with E-state index in [1.165, 1.54) is 17.4 Å². The highest BCUT2D eigenvalue weighted by Crippen LogP contribution is 2.49. The molecule has 0 atom stereocenters. The van der Waals surface area contributed by atoms with Crippen LogP contribution in [0.3, 0.4) is 0 Å². The molecule has 1 amide bonds. The van der Waals surface area contributed by atoms with E-state index in [4.69, 9.17) is 9.26 Å². The minimum Gasteiger partial charge on any atom is -0.497 e. The van der Waals surface area contributed by atoms with Gasteiger partial charge in [-0.1, -0.05) is 28.6 Å². The summed E-state index contributed by atoms with van der Waals surface area (Å²) < 4.78 is 35.0. The fraction of sp³-hybridized carbons (Fsp3) is 0.227. The fourth-order valence-electron chi connectivity index (χ4n) is 3.54. The van der Waals surface area contributed by atoms with Crippen molar-refractivity contribution in [3.05, 3.63) is 54.2 Å². The molecule has 0 aliphatic heterocycles. The Morgan fingerprint density at radius 3 is 2.72 bits per heavy atom. The zero-order valence-electron chi connectivity index (χ0n) is 17.3. The Morgan fingerprint density at radius 2 is 2.00 bits per heavy atom. The lowest BCUT2D eigenvalue weighted by molar-refractivity contribution is -0.118. The van der Waals surface area contributed by atoms with Gasteiger partial charge in [0.2, 0.25) is 5.91 Å². The number of anilines is 1. The van der Waals surface area contributed by atoms with E-state index in [0.717, 1.165) is 11.8 Å². The first-order valence-corrected chi connectivity index (χ1v) is 12.5. The lowest BCUT2D eigenvalue weighted by Gasteiger charge is -2.10. The van der Waals surface area contributed by atoms with Crippen LogP contribution in [-0.2, 0) is 20.0 Å². The number of hydrogen-bond donors (Lipinski definition) is 1. The molecular weight excluding hydrogens is 450 g/mol. The maximum Gasteiger partial charge on any atom is 0.238 e. The van der Waals surface area contributed by atoms with Gasteiger partial charge in [-0.3, -0.25) is 4.79 Å². The molecule has 5 rings (SSSR count). The van der Waals surface area contributed by atoms with Gasteiger partial charge in [-0.05, 0) is 43.2 Å². The summed E-state index contributed by atoms with van der Waals surface area (Å²) >= 11 is 1.24. The van der Waals surface area contributed by atoms with Gasteiger partial charge in [0, 0.05) is 17.9 Å². The number of nitrogens with zero attached hydrogens (tertiary/aromatic N) is 2. The monoisotopic (exact) mass is 469 g/mol. The minimum atomic E-state index is -3.32. The molecular formula is C22H19N3O5S2. The van der Waals surface area contributed by atoms with Crippen molar-refractivity contribution in [3.8, 4) is 17.1 Å². The topological polar surface area (TPSA) is 111 Å². The Hall–Kier alpha value is -3.24. The van der Waals surface area contributed by atoms with Gasteiger partial charge >= 0.3 is 0 Å². The molecule has 1 aliphatic carbocycles. The second-order valence-corrected chi connectivity index (χ2v) is 10.8. The number of rotatable bonds is 6. The zero-order valence-corrected chi connectivity index (χ0v) is 18.9. The van der Waals surface area contributed by atoms with Crippen LogP contribution in [-0.4, -0.2) is 37.8 Å². The average Bonchev–Trinajstić information content (AvgIpc) is 3.25. The van der Waals surface area contributed by atoms with E-state index in [1.807, 2.05) is 24.3 Å². The first-order chi connectivity index (χ1) is 15.3. The standard InChI is InChI=1S/C22H19N3O5S2/c1-29-14-5-3-4-13(10-14)17-12-19(25-30-17)22(8-9-22)20(26)24-21-23-16-7-6-15(32(2,27)28)11-18(16)31-21/h3-7,10-12H,8-9H2,1-2H3,(H,23,24,26). The molecule has 1 aliphatic rings. The minimum absolute atomic E-state index is 0.203. The van der Waals surface area contributed by atoms with Crippen LogP contribution in [0.4, 0.5) is 5.13 Å². The summed E-state index contributed by atoms with van der Waals surface area (Å²) in [6.45, 7) is 0. The third-order valence-electron chi connectivity index (χ3n) is 5.55. The van der Waals surface area contributed by atoms with Crippen LogP contribution in [0.1, 0.15) is 18.5 Å². The summed E-state index contributed by atoms with van der Waals surface area (Å²) in [7, 11) is -1.72. The lowest BCUT2D eigenvalue weighted by atomic mass is 10.0. The van der Waals surface area contributed by atoms with Crippen LogP contribution in [0, 0.1) is 0 Å². The van der Waals surface area contributed by atoms with Gasteiger partial charge in [-0.25, -0.2) is 13.4 Å². The molecule has 0 bridgehead atoms. The van der Waals surface area contributed by atoms with Gasteiger partial charge in [0.05, 0.1) is 33.3 Å². The van der Waals surface area contributed by atoms with Crippen molar-refractivity contribution in [3.63, 3.8) is 0 Å². The number of carbonyl (C=O) groups excluding carboxylic acids is 1. The molecule has 0 spiro atoms. The molecule has 1 fully saturated rings. The van der Waals surface area contributed by atoms with Crippen molar-refractivity contribution in [2.75, 3.05) is 18.7 Å². The van der Waals surface area contributed by atoms with Crippen molar-refractivity contribution >= 4 is 42.4 Å². The largest absolute Gasteiger partial charge is 0.497 e. The summed E-state index contributed by atoms with van der Waals surface area (Å²) in [4.78, 5) is 17.7. The molecule has 0 saturated heterocycles. The number of ether oxygens (including phenoxy) is 1. The van der Waals surface area contributed by atoms with Gasteiger partial charge in [0.15, 0.2) is 20.7 Å². The number of thiazole rings is 1. The molecule has 0 unspecified atom stereocenters. The first kappa shape index (κ1) is 20.7. The first-order valence-electron chi connectivity index (χ1n) is 9.82. The highest BCUT2D eigenvalue weighted by molar-refractivity contribution is 7.90. The van der Waals surface area contributed by atoms with E-state index >= 15 is 0 Å². The van der Waals surface area contributed by atoms with Crippen LogP contribution < -0.4 is 10.1 Å². The molecule has 164 valence electrons. The van der Waals surface area contributed by atoms with Gasteiger partial charge < -0.3 is 14.6 Å². The maximum atomic E-state index is 13.1. The number of aromatic nitrogens is 2. The summed E-state index contributed by atoms with van der Waals surface area (Å²) in [5, 5.41) is 7.46.